The number of pyridine rings is 1. The van der Waals surface area contributed by atoms with Gasteiger partial charge in [-0.05, 0) is 43.8 Å². The number of benzene rings is 1. The highest BCUT2D eigenvalue weighted by Crippen LogP contribution is 2.68. The highest BCUT2D eigenvalue weighted by molar-refractivity contribution is 6.14. The number of aromatic hydroxyl groups is 1. The number of ether oxygens (including phenoxy) is 2. The van der Waals surface area contributed by atoms with Crippen molar-refractivity contribution in [1.29, 1.82) is 0 Å². The van der Waals surface area contributed by atoms with E-state index < -0.39 is 81.8 Å². The second kappa shape index (κ2) is 8.44. The summed E-state index contributed by atoms with van der Waals surface area (Å²) in [5, 5.41) is 44.5. The maximum absolute atomic E-state index is 14.3. The number of carbonyl (C=O) groups excluding carboxylic acids is 2. The number of hydrogen-bond donors (Lipinski definition) is 5. The van der Waals surface area contributed by atoms with E-state index in [4.69, 9.17) is 10.5 Å². The second-order valence-electron chi connectivity index (χ2n) is 10.8. The topological polar surface area (TPSA) is 179 Å². The summed E-state index contributed by atoms with van der Waals surface area (Å²) in [4.78, 5) is 32.2. The number of aromatic nitrogens is 1. The van der Waals surface area contributed by atoms with E-state index in [9.17, 15) is 43.2 Å². The lowest BCUT2D eigenvalue weighted by molar-refractivity contribution is -0.274. The van der Waals surface area contributed by atoms with E-state index in [2.05, 4.69) is 9.72 Å². The first-order valence-electron chi connectivity index (χ1n) is 12.5. The van der Waals surface area contributed by atoms with E-state index in [1.165, 1.54) is 23.2 Å². The Kier molecular flexibility index (Phi) is 5.57. The molecule has 2 aromatic rings. The normalized spacial score (nSPS) is 32.2. The molecule has 6 atom stereocenters. The van der Waals surface area contributed by atoms with Crippen LogP contribution in [0.3, 0.4) is 0 Å². The number of hydrogen-bond acceptors (Lipinski definition) is 10. The zero-order chi connectivity index (χ0) is 29.8. The third-order valence-corrected chi connectivity index (χ3v) is 8.47. The van der Waals surface area contributed by atoms with Crippen molar-refractivity contribution >= 4 is 17.4 Å². The van der Waals surface area contributed by atoms with Crippen LogP contribution in [-0.2, 0) is 14.3 Å². The van der Waals surface area contributed by atoms with E-state index in [0.29, 0.717) is 11.1 Å². The van der Waals surface area contributed by atoms with Gasteiger partial charge in [0.2, 0.25) is 11.6 Å². The first kappa shape index (κ1) is 27.1. The van der Waals surface area contributed by atoms with Crippen LogP contribution in [0.4, 0.5) is 13.2 Å². The molecule has 2 fully saturated rings. The van der Waals surface area contributed by atoms with Gasteiger partial charge in [0.15, 0.2) is 5.60 Å². The Morgan fingerprint density at radius 1 is 1.17 bits per heavy atom. The minimum absolute atomic E-state index is 0.00699. The monoisotopic (exact) mass is 575 g/mol. The lowest BCUT2D eigenvalue weighted by Crippen LogP contribution is -2.60. The largest absolute Gasteiger partial charge is 0.573 e. The van der Waals surface area contributed by atoms with Gasteiger partial charge in [-0.2, -0.15) is 0 Å². The molecule has 0 bridgehead atoms. The van der Waals surface area contributed by atoms with Crippen LogP contribution in [0.15, 0.2) is 53.6 Å². The second-order valence-corrected chi connectivity index (χ2v) is 10.8. The van der Waals surface area contributed by atoms with Crippen LogP contribution in [0, 0.1) is 11.8 Å². The Labute approximate surface area is 229 Å². The molecule has 1 amide bonds. The molecule has 3 aliphatic carbocycles. The molecule has 6 N–H and O–H groups in total. The number of aliphatic hydroxyl groups is 3. The molecule has 1 saturated heterocycles. The quantitative estimate of drug-likeness (QED) is 0.339. The molecule has 1 aromatic carbocycles. The van der Waals surface area contributed by atoms with E-state index in [1.54, 1.807) is 14.1 Å². The number of fused-ring (bicyclic) bond motifs is 2. The number of likely N-dealkylation sites (N-methyl/N-ethyl adjacent to an activating group) is 1. The third kappa shape index (κ3) is 3.53. The number of Topliss-reactive ketones (excluding diaryl/α,β-unsaturated/α-hetero) is 1. The Bertz CT molecular complexity index is 1570. The number of amides is 1. The predicted molar refractivity (Wildman–Crippen MR) is 132 cm³/mol. The number of aliphatic hydroxyl groups excluding tert-OH is 2. The van der Waals surface area contributed by atoms with Gasteiger partial charge in [-0.1, -0.05) is 12.1 Å². The average molecular weight is 575 g/mol. The highest BCUT2D eigenvalue weighted by atomic mass is 19.4. The number of carbonyl (C=O) groups is 2. The molecule has 14 heteroatoms. The van der Waals surface area contributed by atoms with E-state index >= 15 is 0 Å². The molecule has 1 saturated carbocycles. The number of epoxide rings is 1. The standard InChI is InChI=1S/C27H24F3N3O8/c1-33(2)20-14-7-12-16(10-3-5-11(6-4-10)40-27(28,29)30)13-8-32-9-15(34)17(13)21(35)18(12)23(37)25(14)26(39,41-25)19(22(20)36)24(31)38/h3-6,8-9,12,14,16,20,34-36,39H,7H2,1-2H3,(H2,31,38)/t12-,14+,16-,20+,25+,26?/m1/s1. The number of rotatable bonds is 4. The minimum Gasteiger partial charge on any atom is -0.510 e. The number of alkyl halides is 3. The van der Waals surface area contributed by atoms with Gasteiger partial charge in [-0.25, -0.2) is 0 Å². The molecule has 1 spiro atoms. The lowest BCUT2D eigenvalue weighted by atomic mass is 9.56. The van der Waals surface area contributed by atoms with Crippen LogP contribution in [0.1, 0.15) is 29.0 Å². The third-order valence-electron chi connectivity index (χ3n) is 8.47. The van der Waals surface area contributed by atoms with Gasteiger partial charge in [0.25, 0.3) is 5.91 Å². The smallest absolute Gasteiger partial charge is 0.510 e. The molecule has 1 aliphatic heterocycles. The van der Waals surface area contributed by atoms with Crippen LogP contribution in [0.2, 0.25) is 0 Å². The van der Waals surface area contributed by atoms with Crippen LogP contribution < -0.4 is 10.5 Å². The van der Waals surface area contributed by atoms with Crippen molar-refractivity contribution in [2.45, 2.75) is 36.1 Å². The molecule has 6 rings (SSSR count). The van der Waals surface area contributed by atoms with Crippen molar-refractivity contribution in [2.75, 3.05) is 14.1 Å². The van der Waals surface area contributed by atoms with Gasteiger partial charge in [0, 0.05) is 29.5 Å². The summed E-state index contributed by atoms with van der Waals surface area (Å²) in [6.07, 6.45) is -2.49. The molecule has 216 valence electrons. The molecular formula is C27H24F3N3O8. The SMILES string of the molecule is CN(C)[C@@H]1C(O)=C(C(N)=O)C2(O)O[C@@]23C(=O)C2=C(O)c4c(O)cncc4[C@H](c4ccc(OC(F)(F)F)cc4)[C@H]2C[C@@H]13. The molecule has 11 nitrogen and oxygen atoms in total. The van der Waals surface area contributed by atoms with Gasteiger partial charge in [0.1, 0.15) is 28.6 Å². The summed E-state index contributed by atoms with van der Waals surface area (Å²) in [6, 6.07) is 3.92. The van der Waals surface area contributed by atoms with Crippen molar-refractivity contribution in [3.63, 3.8) is 0 Å². The number of nitrogens with two attached hydrogens (primary N) is 1. The van der Waals surface area contributed by atoms with E-state index in [1.807, 2.05) is 0 Å². The summed E-state index contributed by atoms with van der Waals surface area (Å²) in [6.45, 7) is 0. The molecular weight excluding hydrogens is 551 g/mol. The summed E-state index contributed by atoms with van der Waals surface area (Å²) >= 11 is 0. The molecule has 2 heterocycles. The average Bonchev–Trinajstić information content (AvgIpc) is 3.49. The molecule has 1 unspecified atom stereocenters. The number of primary amides is 1. The Hall–Kier alpha value is -4.14. The minimum atomic E-state index is -4.91. The maximum Gasteiger partial charge on any atom is 0.573 e. The van der Waals surface area contributed by atoms with Crippen LogP contribution in [-0.4, -0.2) is 79.9 Å². The number of halogens is 3. The van der Waals surface area contributed by atoms with Crippen molar-refractivity contribution < 1.29 is 52.7 Å². The zero-order valence-electron chi connectivity index (χ0n) is 21.5. The Balaban J connectivity index is 1.55. The lowest BCUT2D eigenvalue weighted by Gasteiger charge is -2.47. The fraction of sp³-hybridized carbons (Fsp3) is 0.370. The number of ketones is 1. The van der Waals surface area contributed by atoms with E-state index in [-0.39, 0.29) is 17.6 Å². The van der Waals surface area contributed by atoms with Gasteiger partial charge < -0.3 is 35.6 Å². The molecule has 1 aromatic heterocycles. The predicted octanol–water partition coefficient (Wildman–Crippen LogP) is 2.00. The number of nitrogens with zero attached hydrogens (tertiary/aromatic N) is 2. The maximum atomic E-state index is 14.3. The summed E-state index contributed by atoms with van der Waals surface area (Å²) in [5.41, 5.74) is 3.10. The first-order chi connectivity index (χ1) is 19.1. The van der Waals surface area contributed by atoms with Crippen molar-refractivity contribution in [2.24, 2.45) is 17.6 Å². The van der Waals surface area contributed by atoms with Gasteiger partial charge >= 0.3 is 6.36 Å². The van der Waals surface area contributed by atoms with Crippen molar-refractivity contribution in [3.05, 3.63) is 70.3 Å². The van der Waals surface area contributed by atoms with Crippen LogP contribution in [0.25, 0.3) is 5.76 Å². The summed E-state index contributed by atoms with van der Waals surface area (Å²) in [5.74, 6) is -9.37. The van der Waals surface area contributed by atoms with E-state index in [0.717, 1.165) is 18.3 Å². The first-order valence-corrected chi connectivity index (χ1v) is 12.5. The Morgan fingerprint density at radius 3 is 2.41 bits per heavy atom. The van der Waals surface area contributed by atoms with Crippen molar-refractivity contribution in [3.8, 4) is 11.5 Å². The zero-order valence-corrected chi connectivity index (χ0v) is 21.5. The van der Waals surface area contributed by atoms with Gasteiger partial charge in [-0.15, -0.1) is 13.2 Å². The Morgan fingerprint density at radius 2 is 1.83 bits per heavy atom. The highest BCUT2D eigenvalue weighted by Gasteiger charge is 2.86. The fourth-order valence-electron chi connectivity index (χ4n) is 7.01. The summed E-state index contributed by atoms with van der Waals surface area (Å²) < 4.78 is 47.9. The summed E-state index contributed by atoms with van der Waals surface area (Å²) in [7, 11) is 3.17. The van der Waals surface area contributed by atoms with Crippen LogP contribution >= 0.6 is 0 Å². The fourth-order valence-corrected chi connectivity index (χ4v) is 7.01. The van der Waals surface area contributed by atoms with Crippen LogP contribution in [0.5, 0.6) is 11.5 Å². The van der Waals surface area contributed by atoms with Crippen molar-refractivity contribution in [1.82, 2.24) is 9.88 Å². The molecule has 4 aliphatic rings. The molecule has 41 heavy (non-hydrogen) atoms. The molecule has 0 radical (unpaired) electrons. The van der Waals surface area contributed by atoms with Gasteiger partial charge in [-0.3, -0.25) is 19.5 Å². The van der Waals surface area contributed by atoms with Gasteiger partial charge in [0.05, 0.1) is 17.8 Å².